The largest absolute Gasteiger partial charge is 0.337 e. The number of likely N-dealkylation sites (tertiary alicyclic amines) is 1. The van der Waals surface area contributed by atoms with Crippen molar-refractivity contribution in [2.45, 2.75) is 12.8 Å². The van der Waals surface area contributed by atoms with Crippen molar-refractivity contribution in [3.05, 3.63) is 23.0 Å². The summed E-state index contributed by atoms with van der Waals surface area (Å²) in [7, 11) is 4.17. The highest BCUT2D eigenvalue weighted by molar-refractivity contribution is 6.29. The van der Waals surface area contributed by atoms with Crippen LogP contribution in [0.3, 0.4) is 0 Å². The molecule has 6 heteroatoms. The summed E-state index contributed by atoms with van der Waals surface area (Å²) in [6.45, 7) is 2.67. The van der Waals surface area contributed by atoms with Crippen LogP contribution in [-0.4, -0.2) is 59.6 Å². The highest BCUT2D eigenvalue weighted by Crippen LogP contribution is 2.19. The molecule has 0 saturated carbocycles. The summed E-state index contributed by atoms with van der Waals surface area (Å²) < 4.78 is 0. The molecule has 0 spiro atoms. The smallest absolute Gasteiger partial charge is 0.274 e. The number of rotatable bonds is 3. The average Bonchev–Trinajstić information content (AvgIpc) is 2.39. The lowest BCUT2D eigenvalue weighted by Gasteiger charge is -2.32. The standard InChI is InChI=1S/C13H19ClN4O/c1-17(2)9-10-5-7-18(8-6-10)13(19)11-3-4-12(14)16-15-11/h3-4,10H,5-9H2,1-2H3. The second kappa shape index (κ2) is 6.30. The molecule has 0 aliphatic carbocycles. The van der Waals surface area contributed by atoms with Gasteiger partial charge in [0.05, 0.1) is 0 Å². The number of aromatic nitrogens is 2. The number of hydrogen-bond donors (Lipinski definition) is 0. The first-order chi connectivity index (χ1) is 9.06. The molecule has 1 amide bonds. The van der Waals surface area contributed by atoms with Crippen LogP contribution >= 0.6 is 11.6 Å². The van der Waals surface area contributed by atoms with Crippen molar-refractivity contribution in [3.8, 4) is 0 Å². The fourth-order valence-electron chi connectivity index (χ4n) is 2.43. The van der Waals surface area contributed by atoms with Gasteiger partial charge < -0.3 is 9.80 Å². The number of hydrogen-bond acceptors (Lipinski definition) is 4. The molecule has 2 rings (SSSR count). The topological polar surface area (TPSA) is 49.3 Å². The first-order valence-electron chi connectivity index (χ1n) is 6.49. The van der Waals surface area contributed by atoms with Gasteiger partial charge in [0.15, 0.2) is 10.8 Å². The molecule has 1 saturated heterocycles. The zero-order valence-corrected chi connectivity index (χ0v) is 12.1. The molecule has 1 aromatic heterocycles. The molecule has 0 bridgehead atoms. The van der Waals surface area contributed by atoms with Crippen LogP contribution < -0.4 is 0 Å². The van der Waals surface area contributed by atoms with Gasteiger partial charge in [0.25, 0.3) is 5.91 Å². The van der Waals surface area contributed by atoms with Gasteiger partial charge >= 0.3 is 0 Å². The molecule has 0 unspecified atom stereocenters. The summed E-state index contributed by atoms with van der Waals surface area (Å²) in [5.41, 5.74) is 0.371. The Morgan fingerprint density at radius 3 is 2.58 bits per heavy atom. The third-order valence-electron chi connectivity index (χ3n) is 3.38. The van der Waals surface area contributed by atoms with Crippen LogP contribution in [0, 0.1) is 5.92 Å². The quantitative estimate of drug-likeness (QED) is 0.844. The molecule has 0 atom stereocenters. The second-order valence-corrected chi connectivity index (χ2v) is 5.63. The van der Waals surface area contributed by atoms with Crippen LogP contribution in [0.1, 0.15) is 23.3 Å². The van der Waals surface area contributed by atoms with Crippen molar-refractivity contribution >= 4 is 17.5 Å². The van der Waals surface area contributed by atoms with Gasteiger partial charge in [0.2, 0.25) is 0 Å². The van der Waals surface area contributed by atoms with Crippen LogP contribution in [0.5, 0.6) is 0 Å². The Morgan fingerprint density at radius 1 is 1.37 bits per heavy atom. The van der Waals surface area contributed by atoms with E-state index in [-0.39, 0.29) is 5.91 Å². The van der Waals surface area contributed by atoms with Crippen LogP contribution in [0.4, 0.5) is 0 Å². The highest BCUT2D eigenvalue weighted by Gasteiger charge is 2.24. The Balaban J connectivity index is 1.90. The van der Waals surface area contributed by atoms with E-state index in [0.29, 0.717) is 16.8 Å². The number of carbonyl (C=O) groups is 1. The van der Waals surface area contributed by atoms with Crippen LogP contribution in [0.25, 0.3) is 0 Å². The molecule has 1 aliphatic rings. The third kappa shape index (κ3) is 3.88. The average molecular weight is 283 g/mol. The normalized spacial score (nSPS) is 16.9. The molecule has 104 valence electrons. The van der Waals surface area contributed by atoms with E-state index < -0.39 is 0 Å². The number of nitrogens with zero attached hydrogens (tertiary/aromatic N) is 4. The van der Waals surface area contributed by atoms with Crippen molar-refractivity contribution < 1.29 is 4.79 Å². The molecule has 0 aromatic carbocycles. The van der Waals surface area contributed by atoms with E-state index in [9.17, 15) is 4.79 Å². The molecule has 0 radical (unpaired) electrons. The number of amides is 1. The zero-order valence-electron chi connectivity index (χ0n) is 11.3. The number of halogens is 1. The molecule has 1 fully saturated rings. The molecular weight excluding hydrogens is 264 g/mol. The van der Waals surface area contributed by atoms with Gasteiger partial charge in [-0.1, -0.05) is 11.6 Å². The van der Waals surface area contributed by atoms with Gasteiger partial charge in [-0.3, -0.25) is 4.79 Å². The predicted octanol–water partition coefficient (Wildman–Crippen LogP) is 1.54. The van der Waals surface area contributed by atoms with Gasteiger partial charge in [-0.05, 0) is 45.0 Å². The molecule has 1 aromatic rings. The molecule has 1 aliphatic heterocycles. The van der Waals surface area contributed by atoms with E-state index in [1.807, 2.05) is 4.90 Å². The lowest BCUT2D eigenvalue weighted by molar-refractivity contribution is 0.0671. The molecule has 19 heavy (non-hydrogen) atoms. The summed E-state index contributed by atoms with van der Waals surface area (Å²) in [4.78, 5) is 16.3. The first kappa shape index (κ1) is 14.2. The van der Waals surface area contributed by atoms with Gasteiger partial charge in [-0.25, -0.2) is 0 Å². The lowest BCUT2D eigenvalue weighted by Crippen LogP contribution is -2.41. The summed E-state index contributed by atoms with van der Waals surface area (Å²) in [6, 6.07) is 3.23. The molecule has 5 nitrogen and oxygen atoms in total. The maximum absolute atomic E-state index is 12.2. The van der Waals surface area contributed by atoms with Gasteiger partial charge in [0, 0.05) is 19.6 Å². The second-order valence-electron chi connectivity index (χ2n) is 5.24. The number of carbonyl (C=O) groups excluding carboxylic acids is 1. The van der Waals surface area contributed by atoms with Gasteiger partial charge in [-0.15, -0.1) is 10.2 Å². The van der Waals surface area contributed by atoms with E-state index in [4.69, 9.17) is 11.6 Å². The minimum atomic E-state index is -0.0486. The van der Waals surface area contributed by atoms with Crippen molar-refractivity contribution in [1.29, 1.82) is 0 Å². The van der Waals surface area contributed by atoms with E-state index >= 15 is 0 Å². The van der Waals surface area contributed by atoms with Crippen LogP contribution in [-0.2, 0) is 0 Å². The molecular formula is C13H19ClN4O. The van der Waals surface area contributed by atoms with Crippen molar-refractivity contribution in [3.63, 3.8) is 0 Å². The minimum Gasteiger partial charge on any atom is -0.337 e. The van der Waals surface area contributed by atoms with E-state index in [1.165, 1.54) is 0 Å². The Hall–Kier alpha value is -1.20. The Kier molecular flexibility index (Phi) is 4.71. The van der Waals surface area contributed by atoms with Gasteiger partial charge in [0.1, 0.15) is 0 Å². The summed E-state index contributed by atoms with van der Waals surface area (Å²) in [6.07, 6.45) is 2.09. The summed E-state index contributed by atoms with van der Waals surface area (Å²) in [5.74, 6) is 0.628. The van der Waals surface area contributed by atoms with Crippen LogP contribution in [0.2, 0.25) is 5.15 Å². The maximum atomic E-state index is 12.2. The van der Waals surface area contributed by atoms with E-state index in [1.54, 1.807) is 12.1 Å². The fourth-order valence-corrected chi connectivity index (χ4v) is 2.53. The maximum Gasteiger partial charge on any atom is 0.274 e. The summed E-state index contributed by atoms with van der Waals surface area (Å²) in [5, 5.41) is 7.86. The van der Waals surface area contributed by atoms with E-state index in [2.05, 4.69) is 29.2 Å². The summed E-state index contributed by atoms with van der Waals surface area (Å²) >= 11 is 5.67. The zero-order chi connectivity index (χ0) is 13.8. The van der Waals surface area contributed by atoms with Crippen LogP contribution in [0.15, 0.2) is 12.1 Å². The highest BCUT2D eigenvalue weighted by atomic mass is 35.5. The Bertz CT molecular complexity index is 427. The first-order valence-corrected chi connectivity index (χ1v) is 6.87. The lowest BCUT2D eigenvalue weighted by atomic mass is 9.96. The van der Waals surface area contributed by atoms with Crippen molar-refractivity contribution in [2.75, 3.05) is 33.7 Å². The SMILES string of the molecule is CN(C)CC1CCN(C(=O)c2ccc(Cl)nn2)CC1. The minimum absolute atomic E-state index is 0.0486. The number of piperidine rings is 1. The third-order valence-corrected chi connectivity index (χ3v) is 3.58. The van der Waals surface area contributed by atoms with Crippen molar-refractivity contribution in [1.82, 2.24) is 20.0 Å². The molecule has 2 heterocycles. The van der Waals surface area contributed by atoms with Crippen molar-refractivity contribution in [2.24, 2.45) is 5.92 Å². The molecule has 0 N–H and O–H groups in total. The van der Waals surface area contributed by atoms with E-state index in [0.717, 1.165) is 32.5 Å². The fraction of sp³-hybridized carbons (Fsp3) is 0.615. The predicted molar refractivity (Wildman–Crippen MR) is 74.2 cm³/mol. The van der Waals surface area contributed by atoms with Gasteiger partial charge in [-0.2, -0.15) is 0 Å². The monoisotopic (exact) mass is 282 g/mol. The Labute approximate surface area is 118 Å². The Morgan fingerprint density at radius 2 is 2.05 bits per heavy atom.